The van der Waals surface area contributed by atoms with E-state index in [1.807, 2.05) is 30.3 Å². The summed E-state index contributed by atoms with van der Waals surface area (Å²) in [5.74, 6) is 0.325. The summed E-state index contributed by atoms with van der Waals surface area (Å²) in [6.45, 7) is 0.841. The van der Waals surface area contributed by atoms with Crippen molar-refractivity contribution in [2.45, 2.75) is 50.4 Å². The monoisotopic (exact) mass is 461 g/mol. The molecule has 9 heteroatoms. The van der Waals surface area contributed by atoms with Crippen molar-refractivity contribution in [3.63, 3.8) is 0 Å². The minimum absolute atomic E-state index is 0.0400. The number of ether oxygens (including phenoxy) is 1. The third-order valence-corrected chi connectivity index (χ3v) is 7.77. The number of sulfonamides is 1. The van der Waals surface area contributed by atoms with Gasteiger partial charge in [0.25, 0.3) is 5.19 Å². The molecule has 3 heterocycles. The van der Waals surface area contributed by atoms with Gasteiger partial charge in [-0.15, -0.1) is 0 Å². The van der Waals surface area contributed by atoms with E-state index in [0.29, 0.717) is 28.5 Å². The first-order valence-electron chi connectivity index (χ1n) is 10.4. The number of para-hydroxylation sites is 1. The molecule has 0 amide bonds. The highest BCUT2D eigenvalue weighted by Crippen LogP contribution is 2.37. The highest BCUT2D eigenvalue weighted by molar-refractivity contribution is 7.88. The summed E-state index contributed by atoms with van der Waals surface area (Å²) in [5, 5.41) is 0.423. The third-order valence-electron chi connectivity index (χ3n) is 6.11. The van der Waals surface area contributed by atoms with Gasteiger partial charge in [0, 0.05) is 24.7 Å². The largest absolute Gasteiger partial charge is 0.431 e. The zero-order chi connectivity index (χ0) is 21.6. The zero-order valence-corrected chi connectivity index (χ0v) is 18.8. The molecule has 1 aromatic heterocycles. The maximum absolute atomic E-state index is 13.8. The molecule has 2 bridgehead atoms. The van der Waals surface area contributed by atoms with Crippen molar-refractivity contribution in [1.82, 2.24) is 14.6 Å². The topological polar surface area (TPSA) is 71.5 Å². The number of fused-ring (bicyclic) bond motifs is 3. The smallest absolute Gasteiger partial charge is 0.279 e. The van der Waals surface area contributed by atoms with E-state index in [0.717, 1.165) is 36.9 Å². The van der Waals surface area contributed by atoms with Crippen LogP contribution in [0.2, 0.25) is 0 Å². The van der Waals surface area contributed by atoms with Gasteiger partial charge >= 0.3 is 0 Å². The molecule has 2 atom stereocenters. The predicted molar refractivity (Wildman–Crippen MR) is 119 cm³/mol. The molecule has 0 radical (unpaired) electrons. The minimum Gasteiger partial charge on any atom is -0.431 e. The van der Waals surface area contributed by atoms with Gasteiger partial charge in [-0.2, -0.15) is 4.98 Å². The Morgan fingerprint density at radius 3 is 2.52 bits per heavy atom. The number of halogens is 1. The number of rotatable bonds is 6. The first-order valence-corrected chi connectivity index (χ1v) is 13.1. The SMILES string of the molecule is CS(=O)(=O)NC1CC2CCC(C1)N2Cc1ccc(Oc2nc3c(F)cccc3s2)cc1. The number of nitrogens with zero attached hydrogens (tertiary/aromatic N) is 2. The van der Waals surface area contributed by atoms with Crippen molar-refractivity contribution in [2.24, 2.45) is 0 Å². The summed E-state index contributed by atoms with van der Waals surface area (Å²) in [6.07, 6.45) is 5.18. The minimum atomic E-state index is -3.17. The molecule has 1 N–H and O–H groups in total. The molecule has 0 spiro atoms. The van der Waals surface area contributed by atoms with Crippen LogP contribution in [0.3, 0.4) is 0 Å². The molecule has 3 aromatic rings. The second-order valence-electron chi connectivity index (χ2n) is 8.43. The summed E-state index contributed by atoms with van der Waals surface area (Å²) >= 11 is 1.32. The summed E-state index contributed by atoms with van der Waals surface area (Å²) in [5.41, 5.74) is 1.53. The van der Waals surface area contributed by atoms with Gasteiger partial charge in [-0.05, 0) is 55.5 Å². The van der Waals surface area contributed by atoms with Crippen LogP contribution >= 0.6 is 11.3 Å². The molecule has 0 saturated carbocycles. The zero-order valence-electron chi connectivity index (χ0n) is 17.1. The Morgan fingerprint density at radius 2 is 1.87 bits per heavy atom. The second-order valence-corrected chi connectivity index (χ2v) is 11.2. The molecule has 2 fully saturated rings. The fourth-order valence-electron chi connectivity index (χ4n) is 4.84. The van der Waals surface area contributed by atoms with Gasteiger partial charge < -0.3 is 4.74 Å². The van der Waals surface area contributed by atoms with Crippen LogP contribution in [0.4, 0.5) is 4.39 Å². The normalized spacial score (nSPS) is 24.0. The maximum atomic E-state index is 13.8. The lowest BCUT2D eigenvalue weighted by Crippen LogP contribution is -2.49. The molecule has 2 saturated heterocycles. The summed E-state index contributed by atoms with van der Waals surface area (Å²) < 4.78 is 46.4. The standard InChI is InChI=1S/C22H24FN3O3S2/c1-31(27,28)25-15-11-16-7-8-17(12-15)26(16)13-14-5-9-18(10-6-14)29-22-24-21-19(23)3-2-4-20(21)30-22/h2-6,9-10,15-17,25H,7-8,11-13H2,1H3. The highest BCUT2D eigenvalue weighted by Gasteiger charge is 2.41. The molecule has 0 aliphatic carbocycles. The molecular formula is C22H24FN3O3S2. The van der Waals surface area contributed by atoms with E-state index in [1.54, 1.807) is 6.07 Å². The summed E-state index contributed by atoms with van der Waals surface area (Å²) in [6, 6.07) is 13.7. The molecule has 164 valence electrons. The molecular weight excluding hydrogens is 437 g/mol. The maximum Gasteiger partial charge on any atom is 0.279 e. The van der Waals surface area contributed by atoms with E-state index in [9.17, 15) is 12.8 Å². The third kappa shape index (κ3) is 4.59. The van der Waals surface area contributed by atoms with Gasteiger partial charge in [0.1, 0.15) is 17.1 Å². The lowest BCUT2D eigenvalue weighted by molar-refractivity contribution is 0.116. The molecule has 5 rings (SSSR count). The number of benzene rings is 2. The number of nitrogens with one attached hydrogen (secondary N) is 1. The van der Waals surface area contributed by atoms with E-state index in [4.69, 9.17) is 4.74 Å². The number of thiazole rings is 1. The van der Waals surface area contributed by atoms with Crippen LogP contribution in [-0.2, 0) is 16.6 Å². The molecule has 6 nitrogen and oxygen atoms in total. The lowest BCUT2D eigenvalue weighted by atomic mass is 9.97. The van der Waals surface area contributed by atoms with Gasteiger partial charge in [-0.1, -0.05) is 29.5 Å². The van der Waals surface area contributed by atoms with Crippen molar-refractivity contribution < 1.29 is 17.5 Å². The van der Waals surface area contributed by atoms with Gasteiger partial charge in [0.15, 0.2) is 0 Å². The van der Waals surface area contributed by atoms with E-state index in [2.05, 4.69) is 14.6 Å². The van der Waals surface area contributed by atoms with Gasteiger partial charge in [-0.25, -0.2) is 17.5 Å². The number of piperidine rings is 1. The highest BCUT2D eigenvalue weighted by atomic mass is 32.2. The van der Waals surface area contributed by atoms with Crippen molar-refractivity contribution in [3.05, 3.63) is 53.8 Å². The quantitative estimate of drug-likeness (QED) is 0.594. The van der Waals surface area contributed by atoms with E-state index in [1.165, 1.54) is 29.2 Å². The van der Waals surface area contributed by atoms with E-state index < -0.39 is 10.0 Å². The second kappa shape index (κ2) is 8.12. The van der Waals surface area contributed by atoms with Gasteiger partial charge in [0.2, 0.25) is 10.0 Å². The lowest BCUT2D eigenvalue weighted by Gasteiger charge is -2.39. The number of hydrogen-bond acceptors (Lipinski definition) is 6. The van der Waals surface area contributed by atoms with Crippen molar-refractivity contribution >= 4 is 31.6 Å². The Morgan fingerprint density at radius 1 is 1.16 bits per heavy atom. The van der Waals surface area contributed by atoms with Crippen molar-refractivity contribution in [3.8, 4) is 10.9 Å². The predicted octanol–water partition coefficient (Wildman–Crippen LogP) is 4.27. The molecule has 2 aliphatic rings. The van der Waals surface area contributed by atoms with Crippen LogP contribution in [0.25, 0.3) is 10.2 Å². The Labute approximate surface area is 185 Å². The molecule has 31 heavy (non-hydrogen) atoms. The first kappa shape index (κ1) is 20.8. The van der Waals surface area contributed by atoms with E-state index >= 15 is 0 Å². The fraction of sp³-hybridized carbons (Fsp3) is 0.409. The van der Waals surface area contributed by atoms with E-state index in [-0.39, 0.29) is 11.9 Å². The Kier molecular flexibility index (Phi) is 5.45. The molecule has 2 aliphatic heterocycles. The Balaban J connectivity index is 1.23. The Bertz CT molecular complexity index is 1180. The van der Waals surface area contributed by atoms with Crippen LogP contribution in [0, 0.1) is 5.82 Å². The number of hydrogen-bond donors (Lipinski definition) is 1. The van der Waals surface area contributed by atoms with Gasteiger partial charge in [-0.3, -0.25) is 4.90 Å². The van der Waals surface area contributed by atoms with Crippen LogP contribution < -0.4 is 9.46 Å². The summed E-state index contributed by atoms with van der Waals surface area (Å²) in [4.78, 5) is 6.75. The van der Waals surface area contributed by atoms with Crippen LogP contribution in [0.5, 0.6) is 10.9 Å². The van der Waals surface area contributed by atoms with Crippen molar-refractivity contribution in [1.29, 1.82) is 0 Å². The Hall–Kier alpha value is -2.07. The fourth-order valence-corrected chi connectivity index (χ4v) is 6.49. The van der Waals surface area contributed by atoms with Gasteiger partial charge in [0.05, 0.1) is 11.0 Å². The molecule has 2 unspecified atom stereocenters. The van der Waals surface area contributed by atoms with Crippen LogP contribution in [0.15, 0.2) is 42.5 Å². The van der Waals surface area contributed by atoms with Crippen LogP contribution in [-0.4, -0.2) is 42.7 Å². The van der Waals surface area contributed by atoms with Crippen LogP contribution in [0.1, 0.15) is 31.2 Å². The first-order chi connectivity index (χ1) is 14.8. The summed E-state index contributed by atoms with van der Waals surface area (Å²) in [7, 11) is -3.17. The number of aromatic nitrogens is 1. The van der Waals surface area contributed by atoms with Crippen molar-refractivity contribution in [2.75, 3.05) is 6.26 Å². The molecule has 2 aromatic carbocycles. The average molecular weight is 462 g/mol. The average Bonchev–Trinajstić information content (AvgIpc) is 3.21.